The van der Waals surface area contributed by atoms with Gasteiger partial charge in [-0.3, -0.25) is 4.72 Å². The maximum Gasteiger partial charge on any atom is 0.261 e. The van der Waals surface area contributed by atoms with E-state index in [0.29, 0.717) is 11.6 Å². The zero-order valence-corrected chi connectivity index (χ0v) is 18.9. The molecule has 1 heterocycles. The Morgan fingerprint density at radius 3 is 2.59 bits per heavy atom. The molecule has 0 bridgehead atoms. The van der Waals surface area contributed by atoms with Gasteiger partial charge in [0.2, 0.25) is 0 Å². The Morgan fingerprint density at radius 2 is 1.84 bits per heavy atom. The first-order chi connectivity index (χ1) is 15.4. The Morgan fingerprint density at radius 1 is 1.03 bits per heavy atom. The first kappa shape index (κ1) is 20.6. The van der Waals surface area contributed by atoms with Crippen LogP contribution in [-0.2, 0) is 10.0 Å². The summed E-state index contributed by atoms with van der Waals surface area (Å²) in [7, 11) is -2.01. The van der Waals surface area contributed by atoms with E-state index in [1.807, 2.05) is 49.4 Å². The number of rotatable bonds is 5. The number of hydrogen-bond acceptors (Lipinski definition) is 4. The number of benzene rings is 3. The molecule has 3 aromatic carbocycles. The fraction of sp³-hybridized carbons (Fsp3) is 0.231. The number of nitrogens with one attached hydrogen (secondary N) is 2. The lowest BCUT2D eigenvalue weighted by molar-refractivity contribution is 0.411. The molecule has 2 N–H and O–H groups in total. The first-order valence-electron chi connectivity index (χ1n) is 10.8. The molecule has 0 saturated carbocycles. The Kier molecular flexibility index (Phi) is 5.18. The summed E-state index contributed by atoms with van der Waals surface area (Å²) < 4.78 is 34.2. The van der Waals surface area contributed by atoms with Gasteiger partial charge in [-0.05, 0) is 78.4 Å². The number of sulfonamides is 1. The summed E-state index contributed by atoms with van der Waals surface area (Å²) in [5.74, 6) is 1.34. The van der Waals surface area contributed by atoms with Crippen LogP contribution in [0.2, 0.25) is 0 Å². The van der Waals surface area contributed by atoms with Crippen LogP contribution in [0.5, 0.6) is 5.75 Å². The summed E-state index contributed by atoms with van der Waals surface area (Å²) >= 11 is 0. The van der Waals surface area contributed by atoms with Gasteiger partial charge >= 0.3 is 0 Å². The second-order valence-electron chi connectivity index (χ2n) is 8.47. The molecule has 32 heavy (non-hydrogen) atoms. The van der Waals surface area contributed by atoms with E-state index in [4.69, 9.17) is 4.74 Å². The molecular weight excluding hydrogens is 420 g/mol. The van der Waals surface area contributed by atoms with Crippen LogP contribution in [0, 0.1) is 12.8 Å². The topological polar surface area (TPSA) is 67.4 Å². The third kappa shape index (κ3) is 3.75. The van der Waals surface area contributed by atoms with Gasteiger partial charge in [0.15, 0.2) is 0 Å². The lowest BCUT2D eigenvalue weighted by atomic mass is 9.77. The number of anilines is 2. The summed E-state index contributed by atoms with van der Waals surface area (Å²) in [6.45, 7) is 1.94. The Bertz CT molecular complexity index is 1280. The van der Waals surface area contributed by atoms with Crippen LogP contribution in [-0.4, -0.2) is 15.5 Å². The highest BCUT2D eigenvalue weighted by Crippen LogP contribution is 2.50. The van der Waals surface area contributed by atoms with E-state index in [1.165, 1.54) is 5.56 Å². The highest BCUT2D eigenvalue weighted by atomic mass is 32.2. The molecule has 0 unspecified atom stereocenters. The predicted molar refractivity (Wildman–Crippen MR) is 128 cm³/mol. The van der Waals surface area contributed by atoms with E-state index in [1.54, 1.807) is 19.2 Å². The van der Waals surface area contributed by atoms with Gasteiger partial charge in [-0.1, -0.05) is 36.4 Å². The predicted octanol–water partition coefficient (Wildman–Crippen LogP) is 5.63. The van der Waals surface area contributed by atoms with E-state index in [2.05, 4.69) is 34.3 Å². The molecule has 0 fully saturated rings. The molecule has 164 valence electrons. The van der Waals surface area contributed by atoms with Crippen LogP contribution in [0.1, 0.15) is 35.1 Å². The molecular formula is C26H26N2O3S. The second-order valence-corrected chi connectivity index (χ2v) is 10.2. The maximum atomic E-state index is 13.1. The minimum Gasteiger partial charge on any atom is -0.497 e. The highest BCUT2D eigenvalue weighted by Gasteiger charge is 2.38. The Hall–Kier alpha value is -3.25. The molecule has 6 heteroatoms. The van der Waals surface area contributed by atoms with Crippen molar-refractivity contribution in [3.05, 3.63) is 95.6 Å². The van der Waals surface area contributed by atoms with Crippen LogP contribution < -0.4 is 14.8 Å². The standard InChI is InChI=1S/C26H26N2O3S/c1-17-5-3-6-19(15-17)28-32(29,30)21-13-14-25-24(16-21)22-7-4-8-23(22)26(27-25)18-9-11-20(31-2)12-10-18/h3-7,9-16,22-23,26-28H,8H2,1-2H3/t22-,23+,26+/m0/s1. The van der Waals surface area contributed by atoms with Crippen molar-refractivity contribution < 1.29 is 13.2 Å². The summed E-state index contributed by atoms with van der Waals surface area (Å²) in [4.78, 5) is 0.279. The minimum atomic E-state index is -3.68. The monoisotopic (exact) mass is 446 g/mol. The van der Waals surface area contributed by atoms with Crippen molar-refractivity contribution in [1.29, 1.82) is 0 Å². The molecule has 0 aromatic heterocycles. The van der Waals surface area contributed by atoms with E-state index >= 15 is 0 Å². The van der Waals surface area contributed by atoms with E-state index < -0.39 is 10.0 Å². The largest absolute Gasteiger partial charge is 0.497 e. The van der Waals surface area contributed by atoms with Crippen molar-refractivity contribution in [2.75, 3.05) is 17.1 Å². The molecule has 3 atom stereocenters. The van der Waals surface area contributed by atoms with E-state index in [9.17, 15) is 8.42 Å². The molecule has 2 aliphatic rings. The van der Waals surface area contributed by atoms with Gasteiger partial charge in [0, 0.05) is 17.3 Å². The van der Waals surface area contributed by atoms with Crippen LogP contribution in [0.4, 0.5) is 11.4 Å². The summed E-state index contributed by atoms with van der Waals surface area (Å²) in [5.41, 5.74) is 4.78. The maximum absolute atomic E-state index is 13.1. The first-order valence-corrected chi connectivity index (χ1v) is 12.2. The fourth-order valence-electron chi connectivity index (χ4n) is 4.80. The van der Waals surface area contributed by atoms with Crippen LogP contribution >= 0.6 is 0 Å². The quantitative estimate of drug-likeness (QED) is 0.499. The van der Waals surface area contributed by atoms with E-state index in [-0.39, 0.29) is 16.9 Å². The lowest BCUT2D eigenvalue weighted by Gasteiger charge is -2.37. The Balaban J connectivity index is 1.47. The Labute approximate surface area is 189 Å². The molecule has 5 nitrogen and oxygen atoms in total. The second kappa shape index (κ2) is 8.02. The summed E-state index contributed by atoms with van der Waals surface area (Å²) in [6.07, 6.45) is 5.37. The molecule has 0 radical (unpaired) electrons. The minimum absolute atomic E-state index is 0.154. The van der Waals surface area contributed by atoms with Crippen LogP contribution in [0.25, 0.3) is 0 Å². The van der Waals surface area contributed by atoms with Gasteiger partial charge < -0.3 is 10.1 Å². The average Bonchev–Trinajstić information content (AvgIpc) is 3.28. The third-order valence-corrected chi connectivity index (χ3v) is 7.77. The van der Waals surface area contributed by atoms with Gasteiger partial charge in [-0.2, -0.15) is 0 Å². The van der Waals surface area contributed by atoms with Gasteiger partial charge in [0.1, 0.15) is 5.75 Å². The van der Waals surface area contributed by atoms with Crippen molar-refractivity contribution in [2.45, 2.75) is 30.2 Å². The number of allylic oxidation sites excluding steroid dienone is 2. The number of aryl methyl sites for hydroxylation is 1. The summed E-state index contributed by atoms with van der Waals surface area (Å²) in [6, 6.07) is 21.1. The zero-order valence-electron chi connectivity index (χ0n) is 18.1. The van der Waals surface area contributed by atoms with Crippen LogP contribution in [0.15, 0.2) is 83.8 Å². The molecule has 3 aromatic rings. The normalized spacial score (nSPS) is 21.4. The number of fused-ring (bicyclic) bond motifs is 3. The number of methoxy groups -OCH3 is 1. The number of hydrogen-bond donors (Lipinski definition) is 2. The molecule has 1 aliphatic heterocycles. The number of ether oxygens (including phenoxy) is 1. The average molecular weight is 447 g/mol. The van der Waals surface area contributed by atoms with Crippen molar-refractivity contribution in [3.8, 4) is 5.75 Å². The van der Waals surface area contributed by atoms with Gasteiger partial charge in [0.25, 0.3) is 10.0 Å². The molecule has 0 amide bonds. The lowest BCUT2D eigenvalue weighted by Crippen LogP contribution is -2.29. The van der Waals surface area contributed by atoms with Crippen LogP contribution in [0.3, 0.4) is 0 Å². The van der Waals surface area contributed by atoms with Gasteiger partial charge in [-0.25, -0.2) is 8.42 Å². The van der Waals surface area contributed by atoms with Crippen molar-refractivity contribution in [1.82, 2.24) is 0 Å². The molecule has 0 saturated heterocycles. The molecule has 5 rings (SSSR count). The SMILES string of the molecule is COc1ccc([C@H]2Nc3ccc(S(=O)(=O)Nc4cccc(C)c4)cc3[C@H]3C=CC[C@H]32)cc1. The van der Waals surface area contributed by atoms with Crippen molar-refractivity contribution in [2.24, 2.45) is 5.92 Å². The highest BCUT2D eigenvalue weighted by molar-refractivity contribution is 7.92. The molecule has 0 spiro atoms. The fourth-order valence-corrected chi connectivity index (χ4v) is 5.89. The molecule has 1 aliphatic carbocycles. The summed E-state index contributed by atoms with van der Waals surface area (Å²) in [5, 5.41) is 3.66. The van der Waals surface area contributed by atoms with Gasteiger partial charge in [-0.15, -0.1) is 0 Å². The smallest absolute Gasteiger partial charge is 0.261 e. The van der Waals surface area contributed by atoms with E-state index in [0.717, 1.165) is 29.0 Å². The van der Waals surface area contributed by atoms with Crippen molar-refractivity contribution >= 4 is 21.4 Å². The third-order valence-electron chi connectivity index (χ3n) is 6.39. The zero-order chi connectivity index (χ0) is 22.3. The van der Waals surface area contributed by atoms with Gasteiger partial charge in [0.05, 0.1) is 18.0 Å². The van der Waals surface area contributed by atoms with Crippen molar-refractivity contribution in [3.63, 3.8) is 0 Å².